The van der Waals surface area contributed by atoms with Gasteiger partial charge in [-0.3, -0.25) is 9.78 Å². The van der Waals surface area contributed by atoms with Gasteiger partial charge in [0.1, 0.15) is 11.9 Å². The first-order chi connectivity index (χ1) is 10.7. The predicted molar refractivity (Wildman–Crippen MR) is 82.1 cm³/mol. The molecule has 1 amide bonds. The molecule has 0 bridgehead atoms. The van der Waals surface area contributed by atoms with Crippen molar-refractivity contribution in [2.75, 3.05) is 5.32 Å². The van der Waals surface area contributed by atoms with E-state index < -0.39 is 0 Å². The van der Waals surface area contributed by atoms with Crippen LogP contribution in [0, 0.1) is 18.3 Å². The number of amides is 1. The predicted octanol–water partition coefficient (Wildman–Crippen LogP) is 2.32. The Morgan fingerprint density at radius 3 is 3.09 bits per heavy atom. The topological polar surface area (TPSA) is 94.5 Å². The van der Waals surface area contributed by atoms with Gasteiger partial charge in [-0.25, -0.2) is 4.98 Å². The van der Waals surface area contributed by atoms with Crippen molar-refractivity contribution in [3.63, 3.8) is 0 Å². The number of fused-ring (bicyclic) bond motifs is 1. The number of aromatic amines is 1. The Bertz CT molecular complexity index is 891. The second-order valence-electron chi connectivity index (χ2n) is 4.96. The summed E-state index contributed by atoms with van der Waals surface area (Å²) in [5.74, 6) is 0.334. The molecule has 108 valence electrons. The highest BCUT2D eigenvalue weighted by atomic mass is 16.1. The number of rotatable bonds is 3. The van der Waals surface area contributed by atoms with Crippen LogP contribution in [0.15, 0.2) is 36.7 Å². The molecule has 3 rings (SSSR count). The standard InChI is InChI=1S/C16H13N5O/c1-10-2-3-12-13(6-10)20-15(19-12)7-16(22)21-14-9-18-5-4-11(14)8-17/h2-6,9H,7H2,1H3,(H,19,20)(H,21,22). The third-order valence-electron chi connectivity index (χ3n) is 3.23. The van der Waals surface area contributed by atoms with E-state index in [1.54, 1.807) is 6.07 Å². The highest BCUT2D eigenvalue weighted by Crippen LogP contribution is 2.15. The Morgan fingerprint density at radius 1 is 1.41 bits per heavy atom. The van der Waals surface area contributed by atoms with Crippen LogP contribution in [0.4, 0.5) is 5.69 Å². The number of carbonyl (C=O) groups is 1. The monoisotopic (exact) mass is 291 g/mol. The van der Waals surface area contributed by atoms with Crippen LogP contribution in [-0.4, -0.2) is 20.9 Å². The molecule has 0 aliphatic rings. The van der Waals surface area contributed by atoms with Crippen molar-refractivity contribution in [2.24, 2.45) is 0 Å². The van der Waals surface area contributed by atoms with E-state index in [1.165, 1.54) is 12.4 Å². The highest BCUT2D eigenvalue weighted by Gasteiger charge is 2.10. The van der Waals surface area contributed by atoms with Gasteiger partial charge in [-0.1, -0.05) is 6.07 Å². The molecule has 22 heavy (non-hydrogen) atoms. The van der Waals surface area contributed by atoms with Crippen LogP contribution in [0.1, 0.15) is 17.0 Å². The fourth-order valence-electron chi connectivity index (χ4n) is 2.19. The molecule has 1 aromatic carbocycles. The number of carbonyl (C=O) groups excluding carboxylic acids is 1. The van der Waals surface area contributed by atoms with E-state index in [1.807, 2.05) is 31.2 Å². The quantitative estimate of drug-likeness (QED) is 0.774. The van der Waals surface area contributed by atoms with E-state index in [0.29, 0.717) is 17.1 Å². The van der Waals surface area contributed by atoms with E-state index in [4.69, 9.17) is 5.26 Å². The molecule has 3 aromatic rings. The highest BCUT2D eigenvalue weighted by molar-refractivity contribution is 5.93. The zero-order chi connectivity index (χ0) is 15.5. The van der Waals surface area contributed by atoms with Gasteiger partial charge >= 0.3 is 0 Å². The summed E-state index contributed by atoms with van der Waals surface area (Å²) in [6.45, 7) is 1.99. The number of pyridine rings is 1. The maximum Gasteiger partial charge on any atom is 0.232 e. The van der Waals surface area contributed by atoms with Crippen LogP contribution in [0.25, 0.3) is 11.0 Å². The zero-order valence-corrected chi connectivity index (χ0v) is 11.9. The first-order valence-corrected chi connectivity index (χ1v) is 6.75. The van der Waals surface area contributed by atoms with Crippen molar-refractivity contribution in [3.05, 3.63) is 53.6 Å². The van der Waals surface area contributed by atoms with Gasteiger partial charge in [0.25, 0.3) is 0 Å². The summed E-state index contributed by atoms with van der Waals surface area (Å²) >= 11 is 0. The number of hydrogen-bond acceptors (Lipinski definition) is 4. The molecular formula is C16H13N5O. The summed E-state index contributed by atoms with van der Waals surface area (Å²) in [5, 5.41) is 11.7. The number of nitrogens with one attached hydrogen (secondary N) is 2. The normalized spacial score (nSPS) is 10.4. The van der Waals surface area contributed by atoms with Gasteiger partial charge in [-0.2, -0.15) is 5.26 Å². The molecule has 2 N–H and O–H groups in total. The molecule has 0 atom stereocenters. The molecule has 0 fully saturated rings. The van der Waals surface area contributed by atoms with Crippen molar-refractivity contribution in [1.29, 1.82) is 5.26 Å². The summed E-state index contributed by atoms with van der Waals surface area (Å²) in [6.07, 6.45) is 3.07. The molecule has 0 aliphatic carbocycles. The fraction of sp³-hybridized carbons (Fsp3) is 0.125. The number of imidazole rings is 1. The summed E-state index contributed by atoms with van der Waals surface area (Å²) in [4.78, 5) is 23.5. The number of nitrogens with zero attached hydrogens (tertiary/aromatic N) is 3. The van der Waals surface area contributed by atoms with Crippen LogP contribution in [-0.2, 0) is 11.2 Å². The molecule has 6 nitrogen and oxygen atoms in total. The molecular weight excluding hydrogens is 278 g/mol. The van der Waals surface area contributed by atoms with Gasteiger partial charge in [0.2, 0.25) is 5.91 Å². The number of aromatic nitrogens is 3. The lowest BCUT2D eigenvalue weighted by atomic mass is 10.2. The Hall–Kier alpha value is -3.20. The second-order valence-corrected chi connectivity index (χ2v) is 4.96. The third-order valence-corrected chi connectivity index (χ3v) is 3.23. The van der Waals surface area contributed by atoms with Crippen LogP contribution in [0.5, 0.6) is 0 Å². The maximum atomic E-state index is 12.1. The van der Waals surface area contributed by atoms with Crippen molar-refractivity contribution < 1.29 is 4.79 Å². The van der Waals surface area contributed by atoms with Crippen molar-refractivity contribution in [1.82, 2.24) is 15.0 Å². The van der Waals surface area contributed by atoms with Gasteiger partial charge in [0.15, 0.2) is 0 Å². The minimum absolute atomic E-state index is 0.105. The average Bonchev–Trinajstić information content (AvgIpc) is 2.88. The number of hydrogen-bond donors (Lipinski definition) is 2. The minimum atomic E-state index is -0.250. The molecule has 0 spiro atoms. The minimum Gasteiger partial charge on any atom is -0.342 e. The largest absolute Gasteiger partial charge is 0.342 e. The lowest BCUT2D eigenvalue weighted by molar-refractivity contribution is -0.115. The van der Waals surface area contributed by atoms with Crippen LogP contribution in [0.3, 0.4) is 0 Å². The Kier molecular flexibility index (Phi) is 3.54. The Balaban J connectivity index is 1.77. The van der Waals surface area contributed by atoms with E-state index in [-0.39, 0.29) is 12.3 Å². The summed E-state index contributed by atoms with van der Waals surface area (Å²) in [7, 11) is 0. The molecule has 0 unspecified atom stereocenters. The molecule has 2 aromatic heterocycles. The number of aryl methyl sites for hydroxylation is 1. The number of H-pyrrole nitrogens is 1. The Morgan fingerprint density at radius 2 is 2.27 bits per heavy atom. The molecule has 2 heterocycles. The molecule has 0 aliphatic heterocycles. The second kappa shape index (κ2) is 5.66. The first-order valence-electron chi connectivity index (χ1n) is 6.75. The van der Waals surface area contributed by atoms with Crippen molar-refractivity contribution in [2.45, 2.75) is 13.3 Å². The third kappa shape index (κ3) is 2.79. The fourth-order valence-corrected chi connectivity index (χ4v) is 2.19. The first kappa shape index (κ1) is 13.8. The van der Waals surface area contributed by atoms with E-state index in [0.717, 1.165) is 16.6 Å². The lowest BCUT2D eigenvalue weighted by Crippen LogP contribution is -2.16. The van der Waals surface area contributed by atoms with Gasteiger partial charge in [-0.05, 0) is 30.7 Å². The molecule has 0 saturated heterocycles. The van der Waals surface area contributed by atoms with Crippen LogP contribution < -0.4 is 5.32 Å². The summed E-state index contributed by atoms with van der Waals surface area (Å²) in [5.41, 5.74) is 3.63. The Labute approximate surface area is 126 Å². The van der Waals surface area contributed by atoms with E-state index in [2.05, 4.69) is 20.3 Å². The van der Waals surface area contributed by atoms with Crippen molar-refractivity contribution in [3.8, 4) is 6.07 Å². The smallest absolute Gasteiger partial charge is 0.232 e. The molecule has 0 saturated carbocycles. The zero-order valence-electron chi connectivity index (χ0n) is 11.9. The lowest BCUT2D eigenvalue weighted by Gasteiger charge is -2.04. The summed E-state index contributed by atoms with van der Waals surface area (Å²) < 4.78 is 0. The van der Waals surface area contributed by atoms with Crippen LogP contribution in [0.2, 0.25) is 0 Å². The van der Waals surface area contributed by atoms with Crippen LogP contribution >= 0.6 is 0 Å². The number of nitriles is 1. The van der Waals surface area contributed by atoms with E-state index >= 15 is 0 Å². The van der Waals surface area contributed by atoms with Crippen molar-refractivity contribution >= 4 is 22.6 Å². The van der Waals surface area contributed by atoms with E-state index in [9.17, 15) is 4.79 Å². The average molecular weight is 291 g/mol. The van der Waals surface area contributed by atoms with Gasteiger partial charge < -0.3 is 10.3 Å². The number of benzene rings is 1. The number of anilines is 1. The van der Waals surface area contributed by atoms with Gasteiger partial charge in [0.05, 0.1) is 34.9 Å². The van der Waals surface area contributed by atoms with Gasteiger partial charge in [-0.15, -0.1) is 0 Å². The molecule has 6 heteroatoms. The van der Waals surface area contributed by atoms with Gasteiger partial charge in [0, 0.05) is 6.20 Å². The maximum absolute atomic E-state index is 12.1. The summed E-state index contributed by atoms with van der Waals surface area (Å²) in [6, 6.07) is 9.45. The SMILES string of the molecule is Cc1ccc2[nH]c(CC(=O)Nc3cnccc3C#N)nc2c1. The molecule has 0 radical (unpaired) electrons.